The Hall–Kier alpha value is -1.79. The molecule has 2 nitrogen and oxygen atoms in total. The molecule has 2 rings (SSSR count). The Morgan fingerprint density at radius 2 is 2.31 bits per heavy atom. The first-order valence-corrected chi connectivity index (χ1v) is 5.21. The number of nitrogens with one attached hydrogen (secondary N) is 2. The molecule has 0 aliphatic heterocycles. The molecule has 0 spiro atoms. The highest BCUT2D eigenvalue weighted by Crippen LogP contribution is 2.20. The van der Waals surface area contributed by atoms with Crippen LogP contribution in [0, 0.1) is 18.2 Å². The lowest BCUT2D eigenvalue weighted by atomic mass is 10.1. The van der Waals surface area contributed by atoms with Gasteiger partial charge in [-0.3, -0.25) is 0 Å². The number of halogens is 1. The van der Waals surface area contributed by atoms with Gasteiger partial charge in [-0.2, -0.15) is 0 Å². The molecule has 2 aromatic rings. The van der Waals surface area contributed by atoms with Crippen LogP contribution in [0.2, 0.25) is 0 Å². The number of H-pyrrole nitrogens is 1. The Morgan fingerprint density at radius 1 is 1.44 bits per heavy atom. The molecule has 0 saturated carbocycles. The number of para-hydroxylation sites is 1. The van der Waals surface area contributed by atoms with E-state index in [0.717, 1.165) is 23.9 Å². The monoisotopic (exact) mass is 216 g/mol. The third-order valence-electron chi connectivity index (χ3n) is 2.55. The summed E-state index contributed by atoms with van der Waals surface area (Å²) in [6.07, 6.45) is 7.82. The van der Waals surface area contributed by atoms with Gasteiger partial charge in [-0.25, -0.2) is 4.39 Å². The van der Waals surface area contributed by atoms with Crippen molar-refractivity contribution in [3.8, 4) is 12.3 Å². The minimum Gasteiger partial charge on any atom is -0.359 e. The Bertz CT molecular complexity index is 522. The van der Waals surface area contributed by atoms with Gasteiger partial charge in [0.2, 0.25) is 0 Å². The molecule has 82 valence electrons. The molecule has 0 bridgehead atoms. The maximum absolute atomic E-state index is 13.4. The first-order valence-electron chi connectivity index (χ1n) is 5.21. The van der Waals surface area contributed by atoms with Crippen LogP contribution in [-0.4, -0.2) is 18.1 Å². The average Bonchev–Trinajstić information content (AvgIpc) is 2.70. The number of hydrogen-bond donors (Lipinski definition) is 2. The number of rotatable bonds is 4. The van der Waals surface area contributed by atoms with Gasteiger partial charge in [0.25, 0.3) is 0 Å². The van der Waals surface area contributed by atoms with Gasteiger partial charge in [-0.1, -0.05) is 18.1 Å². The fourth-order valence-corrected chi connectivity index (χ4v) is 1.77. The summed E-state index contributed by atoms with van der Waals surface area (Å²) in [5.74, 6) is 2.31. The lowest BCUT2D eigenvalue weighted by Crippen LogP contribution is -2.16. The van der Waals surface area contributed by atoms with E-state index in [1.165, 1.54) is 6.07 Å². The molecule has 0 unspecified atom stereocenters. The zero-order valence-corrected chi connectivity index (χ0v) is 8.89. The first-order chi connectivity index (χ1) is 7.83. The molecule has 0 fully saturated rings. The van der Waals surface area contributed by atoms with E-state index in [9.17, 15) is 4.39 Å². The first kappa shape index (κ1) is 10.7. The van der Waals surface area contributed by atoms with Crippen molar-refractivity contribution in [2.45, 2.75) is 6.42 Å². The van der Waals surface area contributed by atoms with Gasteiger partial charge in [0.05, 0.1) is 12.1 Å². The Labute approximate surface area is 93.9 Å². The van der Waals surface area contributed by atoms with E-state index in [4.69, 9.17) is 6.42 Å². The number of aromatic amines is 1. The molecule has 0 radical (unpaired) electrons. The topological polar surface area (TPSA) is 27.8 Å². The molecule has 1 aromatic heterocycles. The van der Waals surface area contributed by atoms with Crippen molar-refractivity contribution in [3.63, 3.8) is 0 Å². The van der Waals surface area contributed by atoms with E-state index in [1.54, 1.807) is 6.07 Å². The lowest BCUT2D eigenvalue weighted by molar-refractivity contribution is 0.637. The highest BCUT2D eigenvalue weighted by atomic mass is 19.1. The van der Waals surface area contributed by atoms with Crippen molar-refractivity contribution < 1.29 is 4.39 Å². The fourth-order valence-electron chi connectivity index (χ4n) is 1.77. The average molecular weight is 216 g/mol. The predicted octanol–water partition coefficient (Wildman–Crippen LogP) is 2.07. The second-order valence-electron chi connectivity index (χ2n) is 3.61. The van der Waals surface area contributed by atoms with Crippen molar-refractivity contribution in [1.29, 1.82) is 0 Å². The largest absolute Gasteiger partial charge is 0.359 e. The summed E-state index contributed by atoms with van der Waals surface area (Å²) in [4.78, 5) is 2.95. The number of aromatic nitrogens is 1. The van der Waals surface area contributed by atoms with Crippen molar-refractivity contribution >= 4 is 10.9 Å². The second kappa shape index (κ2) is 4.82. The normalized spacial score (nSPS) is 10.5. The van der Waals surface area contributed by atoms with Gasteiger partial charge in [0, 0.05) is 18.1 Å². The maximum atomic E-state index is 13.4. The van der Waals surface area contributed by atoms with Crippen molar-refractivity contribution in [2.24, 2.45) is 0 Å². The molecule has 0 aliphatic carbocycles. The summed E-state index contributed by atoms with van der Waals surface area (Å²) in [7, 11) is 0. The summed E-state index contributed by atoms with van der Waals surface area (Å²) >= 11 is 0. The van der Waals surface area contributed by atoms with Crippen LogP contribution in [0.5, 0.6) is 0 Å². The summed E-state index contributed by atoms with van der Waals surface area (Å²) in [6, 6.07) is 5.11. The minimum atomic E-state index is -0.208. The summed E-state index contributed by atoms with van der Waals surface area (Å²) in [6.45, 7) is 1.37. The molecule has 3 heteroatoms. The van der Waals surface area contributed by atoms with Crippen LogP contribution < -0.4 is 5.32 Å². The molecule has 0 atom stereocenters. The standard InChI is InChI=1S/C13H13FN2/c1-2-7-15-8-6-10-9-16-13-11(10)4-3-5-12(13)14/h1,3-5,9,15-16H,6-8H2. The predicted molar refractivity (Wildman–Crippen MR) is 63.7 cm³/mol. The highest BCUT2D eigenvalue weighted by molar-refractivity contribution is 5.83. The summed E-state index contributed by atoms with van der Waals surface area (Å²) in [5, 5.41) is 4.06. The van der Waals surface area contributed by atoms with Crippen LogP contribution in [0.4, 0.5) is 4.39 Å². The number of fused-ring (bicyclic) bond motifs is 1. The van der Waals surface area contributed by atoms with E-state index in [-0.39, 0.29) is 5.82 Å². The van der Waals surface area contributed by atoms with Gasteiger partial charge in [0.1, 0.15) is 5.82 Å². The fraction of sp³-hybridized carbons (Fsp3) is 0.231. The van der Waals surface area contributed by atoms with Crippen molar-refractivity contribution in [2.75, 3.05) is 13.1 Å². The summed E-state index contributed by atoms with van der Waals surface area (Å²) < 4.78 is 13.4. The highest BCUT2D eigenvalue weighted by Gasteiger charge is 2.06. The van der Waals surface area contributed by atoms with Gasteiger partial charge in [0.15, 0.2) is 0 Å². The Kier molecular flexibility index (Phi) is 3.23. The smallest absolute Gasteiger partial charge is 0.147 e. The SMILES string of the molecule is C#CCNCCc1c[nH]c2c(F)cccc12. The lowest BCUT2D eigenvalue weighted by Gasteiger charge is -2.00. The molecule has 2 N–H and O–H groups in total. The Balaban J connectivity index is 2.14. The second-order valence-corrected chi connectivity index (χ2v) is 3.61. The van der Waals surface area contributed by atoms with E-state index < -0.39 is 0 Å². The molecular weight excluding hydrogens is 203 g/mol. The Morgan fingerprint density at radius 3 is 3.12 bits per heavy atom. The summed E-state index contributed by atoms with van der Waals surface area (Å²) in [5.41, 5.74) is 1.69. The third-order valence-corrected chi connectivity index (χ3v) is 2.55. The molecule has 0 saturated heterocycles. The van der Waals surface area contributed by atoms with Crippen molar-refractivity contribution in [1.82, 2.24) is 10.3 Å². The quantitative estimate of drug-likeness (QED) is 0.594. The third kappa shape index (κ3) is 2.07. The number of hydrogen-bond acceptors (Lipinski definition) is 1. The van der Waals surface area contributed by atoms with Crippen LogP contribution in [-0.2, 0) is 6.42 Å². The van der Waals surface area contributed by atoms with Crippen LogP contribution in [0.15, 0.2) is 24.4 Å². The van der Waals surface area contributed by atoms with Gasteiger partial charge in [-0.05, 0) is 18.1 Å². The molecule has 1 aromatic carbocycles. The van der Waals surface area contributed by atoms with Crippen LogP contribution in [0.25, 0.3) is 10.9 Å². The maximum Gasteiger partial charge on any atom is 0.147 e. The number of benzene rings is 1. The molecule has 0 amide bonds. The van der Waals surface area contributed by atoms with Crippen LogP contribution in [0.3, 0.4) is 0 Å². The number of terminal acetylenes is 1. The van der Waals surface area contributed by atoms with E-state index in [1.807, 2.05) is 12.3 Å². The van der Waals surface area contributed by atoms with Crippen molar-refractivity contribution in [3.05, 3.63) is 35.8 Å². The van der Waals surface area contributed by atoms with Gasteiger partial charge >= 0.3 is 0 Å². The van der Waals surface area contributed by atoms with E-state index >= 15 is 0 Å². The van der Waals surface area contributed by atoms with Gasteiger partial charge < -0.3 is 10.3 Å². The molecular formula is C13H13FN2. The minimum absolute atomic E-state index is 0.208. The van der Waals surface area contributed by atoms with Crippen LogP contribution >= 0.6 is 0 Å². The van der Waals surface area contributed by atoms with E-state index in [2.05, 4.69) is 16.2 Å². The zero-order valence-electron chi connectivity index (χ0n) is 8.89. The van der Waals surface area contributed by atoms with E-state index in [0.29, 0.717) is 12.1 Å². The molecule has 1 heterocycles. The van der Waals surface area contributed by atoms with Crippen LogP contribution in [0.1, 0.15) is 5.56 Å². The van der Waals surface area contributed by atoms with Gasteiger partial charge in [-0.15, -0.1) is 6.42 Å². The molecule has 0 aliphatic rings. The zero-order chi connectivity index (χ0) is 11.4. The molecule has 16 heavy (non-hydrogen) atoms.